The van der Waals surface area contributed by atoms with E-state index in [0.29, 0.717) is 12.0 Å². The van der Waals surface area contributed by atoms with E-state index in [1.54, 1.807) is 0 Å². The van der Waals surface area contributed by atoms with Crippen LogP contribution in [0.3, 0.4) is 0 Å². The molecule has 42 heavy (non-hydrogen) atoms. The first-order valence-corrected chi connectivity index (χ1v) is 16.6. The summed E-state index contributed by atoms with van der Waals surface area (Å²) in [6.07, 6.45) is 17.5. The molecule has 0 aromatic heterocycles. The predicted molar refractivity (Wildman–Crippen MR) is 174 cm³/mol. The highest BCUT2D eigenvalue weighted by Gasteiger charge is 2.33. The highest BCUT2D eigenvalue weighted by molar-refractivity contribution is 7.82. The van der Waals surface area contributed by atoms with Gasteiger partial charge in [-0.3, -0.25) is 4.79 Å². The van der Waals surface area contributed by atoms with Crippen LogP contribution in [0.2, 0.25) is 0 Å². The number of carbonyl (C=O) groups is 1. The van der Waals surface area contributed by atoms with Crippen molar-refractivity contribution < 1.29 is 9.00 Å². The first-order valence-electron chi connectivity index (χ1n) is 15.5. The van der Waals surface area contributed by atoms with E-state index in [1.165, 1.54) is 12.0 Å². The molecule has 4 atom stereocenters. The topological polar surface area (TPSA) is 78.8 Å². The molecule has 2 saturated carbocycles. The molecular weight excluding hydrogens is 542 g/mol. The standard InChI is InChI=1S/C17H24N2O2.C16H17NOS.C2H6/c1-13-8-6-7-11-15(13)17(20)19-16(12-18-21)14-9-4-2-3-5-10-14;18-19(16-9-5-2-6-10-16)17(15-11-12-15)13-14-7-3-1-4-8-14;1-2/h2,4-5,9-10,13,15-16H,3,6-8,11-12H2,1H3,(H,19,20);1-10,15H,11-13H2;1-2H3/t13-,15?,16+;;/m1../s1. The SMILES string of the molecule is CC.C[C@@H]1CCCCC1C(=O)N[C@@H](CN=O)C1=CC=CCC=C1.O=S(c1ccccc1)N(Cc1ccccc1)C1CC1. The van der Waals surface area contributed by atoms with Crippen LogP contribution in [0.1, 0.15) is 71.3 Å². The van der Waals surface area contributed by atoms with Crippen molar-refractivity contribution in [3.05, 3.63) is 107 Å². The van der Waals surface area contributed by atoms with E-state index < -0.39 is 11.0 Å². The fourth-order valence-corrected chi connectivity index (χ4v) is 6.65. The summed E-state index contributed by atoms with van der Waals surface area (Å²) in [6.45, 7) is 6.98. The maximum absolute atomic E-state index is 12.7. The summed E-state index contributed by atoms with van der Waals surface area (Å²) in [5, 5.41) is 6.02. The fraction of sp³-hybridized carbons (Fsp3) is 0.457. The Morgan fingerprint density at radius 1 is 0.976 bits per heavy atom. The molecule has 1 N–H and O–H groups in total. The third-order valence-electron chi connectivity index (χ3n) is 7.72. The molecule has 2 unspecified atom stereocenters. The second kappa shape index (κ2) is 18.4. The van der Waals surface area contributed by atoms with E-state index in [4.69, 9.17) is 0 Å². The lowest BCUT2D eigenvalue weighted by Crippen LogP contribution is -2.43. The van der Waals surface area contributed by atoms with Gasteiger partial charge in [0.25, 0.3) is 0 Å². The van der Waals surface area contributed by atoms with Crippen LogP contribution >= 0.6 is 0 Å². The molecule has 0 heterocycles. The average Bonchev–Trinajstić information content (AvgIpc) is 3.90. The van der Waals surface area contributed by atoms with E-state index in [2.05, 4.69) is 33.9 Å². The van der Waals surface area contributed by atoms with Crippen molar-refractivity contribution in [1.29, 1.82) is 0 Å². The lowest BCUT2D eigenvalue weighted by atomic mass is 9.80. The van der Waals surface area contributed by atoms with Crippen LogP contribution in [-0.4, -0.2) is 33.0 Å². The molecule has 3 aliphatic carbocycles. The van der Waals surface area contributed by atoms with Crippen LogP contribution < -0.4 is 5.32 Å². The molecule has 0 bridgehead atoms. The van der Waals surface area contributed by atoms with Gasteiger partial charge in [-0.05, 0) is 61.3 Å². The van der Waals surface area contributed by atoms with Gasteiger partial charge in [0.1, 0.15) is 17.5 Å². The van der Waals surface area contributed by atoms with Crippen LogP contribution in [0.4, 0.5) is 0 Å². The number of hydrogen-bond acceptors (Lipinski definition) is 4. The summed E-state index contributed by atoms with van der Waals surface area (Å²) in [7, 11) is -1.06. The molecule has 6 nitrogen and oxygen atoms in total. The fourth-order valence-electron chi connectivity index (χ4n) is 5.24. The van der Waals surface area contributed by atoms with Crippen LogP contribution in [0, 0.1) is 16.7 Å². The summed E-state index contributed by atoms with van der Waals surface area (Å²) in [4.78, 5) is 24.1. The third kappa shape index (κ3) is 10.6. The van der Waals surface area contributed by atoms with Crippen LogP contribution in [0.5, 0.6) is 0 Å². The molecule has 0 spiro atoms. The Kier molecular flexibility index (Phi) is 14.6. The molecule has 2 aromatic rings. The van der Waals surface area contributed by atoms with Crippen molar-refractivity contribution >= 4 is 16.9 Å². The van der Waals surface area contributed by atoms with Gasteiger partial charge in [0.15, 0.2) is 0 Å². The van der Waals surface area contributed by atoms with Gasteiger partial charge in [0.2, 0.25) is 5.91 Å². The van der Waals surface area contributed by atoms with Gasteiger partial charge in [-0.1, -0.05) is 118 Å². The number of carbonyl (C=O) groups excluding carboxylic acids is 1. The van der Waals surface area contributed by atoms with Crippen molar-refractivity contribution in [1.82, 2.24) is 9.62 Å². The molecular formula is C35H47N3O3S. The smallest absolute Gasteiger partial charge is 0.223 e. The Balaban J connectivity index is 0.000000218. The lowest BCUT2D eigenvalue weighted by molar-refractivity contribution is -0.127. The van der Waals surface area contributed by atoms with Crippen molar-refractivity contribution in [3.63, 3.8) is 0 Å². The van der Waals surface area contributed by atoms with Gasteiger partial charge in [-0.15, -0.1) is 0 Å². The van der Waals surface area contributed by atoms with Gasteiger partial charge < -0.3 is 5.32 Å². The Morgan fingerprint density at radius 2 is 1.64 bits per heavy atom. The average molecular weight is 590 g/mol. The van der Waals surface area contributed by atoms with Crippen LogP contribution in [-0.2, 0) is 22.3 Å². The first-order chi connectivity index (χ1) is 20.6. The zero-order valence-corrected chi connectivity index (χ0v) is 26.2. The van der Waals surface area contributed by atoms with E-state index in [0.717, 1.165) is 55.5 Å². The normalized spacial score (nSPS) is 20.9. The number of hydrogen-bond donors (Lipinski definition) is 1. The molecule has 0 aliphatic heterocycles. The van der Waals surface area contributed by atoms with E-state index in [-0.39, 0.29) is 24.4 Å². The minimum Gasteiger partial charge on any atom is -0.347 e. The van der Waals surface area contributed by atoms with Gasteiger partial charge >= 0.3 is 0 Å². The quantitative estimate of drug-likeness (QED) is 0.286. The molecule has 2 fully saturated rings. The first kappa shape index (κ1) is 33.3. The summed E-state index contributed by atoms with van der Waals surface area (Å²) < 4.78 is 14.8. The Labute approximate surface area is 254 Å². The number of nitrogens with one attached hydrogen (secondary N) is 1. The summed E-state index contributed by atoms with van der Waals surface area (Å²) >= 11 is 0. The molecule has 0 radical (unpaired) electrons. The van der Waals surface area contributed by atoms with Gasteiger partial charge in [-0.2, -0.15) is 4.91 Å². The Hall–Kier alpha value is -3.16. The number of rotatable bonds is 10. The van der Waals surface area contributed by atoms with Gasteiger partial charge in [0, 0.05) is 18.5 Å². The number of benzene rings is 2. The minimum absolute atomic E-state index is 0.0679. The maximum Gasteiger partial charge on any atom is 0.223 e. The zero-order valence-electron chi connectivity index (χ0n) is 25.4. The van der Waals surface area contributed by atoms with Crippen LogP contribution in [0.25, 0.3) is 0 Å². The highest BCUT2D eigenvalue weighted by atomic mass is 32.2. The number of allylic oxidation sites excluding steroid dienone is 4. The maximum atomic E-state index is 12.7. The van der Waals surface area contributed by atoms with Gasteiger partial charge in [0.05, 0.1) is 10.9 Å². The van der Waals surface area contributed by atoms with Crippen LogP contribution in [0.15, 0.2) is 107 Å². The monoisotopic (exact) mass is 589 g/mol. The largest absolute Gasteiger partial charge is 0.347 e. The van der Waals surface area contributed by atoms with Crippen molar-refractivity contribution in [3.8, 4) is 0 Å². The third-order valence-corrected chi connectivity index (χ3v) is 9.25. The summed E-state index contributed by atoms with van der Waals surface area (Å²) in [6, 6.07) is 20.2. The van der Waals surface area contributed by atoms with Crippen molar-refractivity contribution in [2.45, 2.75) is 89.2 Å². The predicted octanol–water partition coefficient (Wildman–Crippen LogP) is 7.91. The van der Waals surface area contributed by atoms with Crippen molar-refractivity contribution in [2.75, 3.05) is 6.54 Å². The minimum atomic E-state index is -1.06. The lowest BCUT2D eigenvalue weighted by Gasteiger charge is -2.29. The van der Waals surface area contributed by atoms with Crippen molar-refractivity contribution in [2.24, 2.45) is 17.0 Å². The van der Waals surface area contributed by atoms with E-state index >= 15 is 0 Å². The molecule has 3 aliphatic rings. The Morgan fingerprint density at radius 3 is 2.29 bits per heavy atom. The number of amides is 1. The molecule has 0 saturated heterocycles. The molecule has 2 aromatic carbocycles. The second-order valence-electron chi connectivity index (χ2n) is 10.8. The van der Waals surface area contributed by atoms with E-state index in [9.17, 15) is 13.9 Å². The number of nitrogens with zero attached hydrogens (tertiary/aromatic N) is 2. The van der Waals surface area contributed by atoms with Gasteiger partial charge in [-0.25, -0.2) is 8.51 Å². The molecule has 7 heteroatoms. The number of nitroso groups, excluding NO2 is 1. The molecule has 226 valence electrons. The Bertz CT molecular complexity index is 1210. The zero-order chi connectivity index (χ0) is 30.2. The summed E-state index contributed by atoms with van der Waals surface area (Å²) in [5.41, 5.74) is 2.17. The molecule has 1 amide bonds. The second-order valence-corrected chi connectivity index (χ2v) is 12.3. The molecule has 5 rings (SSSR count). The summed E-state index contributed by atoms with van der Waals surface area (Å²) in [5.74, 6) is 0.555. The highest BCUT2D eigenvalue weighted by Crippen LogP contribution is 2.32. The van der Waals surface area contributed by atoms with E-state index in [1.807, 2.05) is 92.8 Å².